The minimum atomic E-state index is -0.952. The van der Waals surface area contributed by atoms with E-state index in [2.05, 4.69) is 10.4 Å². The number of fused-ring (bicyclic) bond motifs is 2. The second-order valence-corrected chi connectivity index (χ2v) is 7.33. The predicted octanol–water partition coefficient (Wildman–Crippen LogP) is 3.19. The maximum absolute atomic E-state index is 13.9. The van der Waals surface area contributed by atoms with Gasteiger partial charge in [0.15, 0.2) is 5.82 Å². The Labute approximate surface area is 159 Å². The molecule has 140 valence electrons. The topological polar surface area (TPSA) is 84.2 Å². The number of amides is 1. The normalized spacial score (nSPS) is 25.7. The molecule has 2 aliphatic carbocycles. The van der Waals surface area contributed by atoms with Gasteiger partial charge >= 0.3 is 5.97 Å². The number of anilines is 1. The van der Waals surface area contributed by atoms with Crippen LogP contribution in [0.15, 0.2) is 42.6 Å². The molecule has 4 atom stereocenters. The molecule has 1 heterocycles. The average Bonchev–Trinajstić information content (AvgIpc) is 3.33. The quantitative estimate of drug-likeness (QED) is 0.769. The third kappa shape index (κ3) is 3.23. The highest BCUT2D eigenvalue weighted by atomic mass is 35.5. The molecular weight excluding hydrogens is 373 g/mol. The van der Waals surface area contributed by atoms with Gasteiger partial charge in [0.05, 0.1) is 18.4 Å². The third-order valence-electron chi connectivity index (χ3n) is 5.32. The summed E-state index contributed by atoms with van der Waals surface area (Å²) in [5.41, 5.74) is 0.310. The minimum Gasteiger partial charge on any atom is -0.481 e. The standard InChI is InChI=1S/C19H17ClFN3O3/c20-13-2-1-3-14(21)12(13)9-24-7-6-15(23-24)22-18(25)16-10-4-5-11(8-10)17(16)19(26)27/h1-7,10-11,16-17H,8-9H2,(H,26,27)(H,22,23,25). The van der Waals surface area contributed by atoms with Crippen LogP contribution in [-0.4, -0.2) is 26.8 Å². The number of nitrogens with zero attached hydrogens (tertiary/aromatic N) is 2. The Kier molecular flexibility index (Phi) is 4.47. The molecule has 2 bridgehead atoms. The first-order valence-electron chi connectivity index (χ1n) is 8.62. The number of carbonyl (C=O) groups excluding carboxylic acids is 1. The second-order valence-electron chi connectivity index (χ2n) is 6.93. The summed E-state index contributed by atoms with van der Waals surface area (Å²) in [5.74, 6) is -2.91. The van der Waals surface area contributed by atoms with Gasteiger partial charge in [-0.15, -0.1) is 0 Å². The van der Waals surface area contributed by atoms with Gasteiger partial charge in [-0.3, -0.25) is 14.3 Å². The van der Waals surface area contributed by atoms with Gasteiger partial charge in [-0.1, -0.05) is 29.8 Å². The number of carboxylic acid groups (broad SMARTS) is 1. The van der Waals surface area contributed by atoms with Crippen molar-refractivity contribution in [3.05, 3.63) is 59.0 Å². The summed E-state index contributed by atoms with van der Waals surface area (Å²) in [5, 5.41) is 16.7. The Morgan fingerprint density at radius 2 is 2.00 bits per heavy atom. The lowest BCUT2D eigenvalue weighted by molar-refractivity contribution is -0.146. The van der Waals surface area contributed by atoms with Crippen LogP contribution < -0.4 is 5.32 Å². The molecule has 1 saturated carbocycles. The van der Waals surface area contributed by atoms with E-state index in [1.54, 1.807) is 18.3 Å². The highest BCUT2D eigenvalue weighted by Crippen LogP contribution is 2.48. The number of carbonyl (C=O) groups is 2. The Hall–Kier alpha value is -2.67. The van der Waals surface area contributed by atoms with Crippen molar-refractivity contribution < 1.29 is 19.1 Å². The Balaban J connectivity index is 1.47. The first kappa shape index (κ1) is 17.7. The molecule has 1 amide bonds. The zero-order valence-corrected chi connectivity index (χ0v) is 14.9. The van der Waals surface area contributed by atoms with Crippen LogP contribution in [0.3, 0.4) is 0 Å². The van der Waals surface area contributed by atoms with Crippen molar-refractivity contribution in [1.82, 2.24) is 9.78 Å². The van der Waals surface area contributed by atoms with Crippen molar-refractivity contribution in [3.8, 4) is 0 Å². The van der Waals surface area contributed by atoms with E-state index in [0.29, 0.717) is 22.8 Å². The monoisotopic (exact) mass is 389 g/mol. The molecule has 0 radical (unpaired) electrons. The number of carboxylic acids is 1. The summed E-state index contributed by atoms with van der Waals surface area (Å²) in [7, 11) is 0. The predicted molar refractivity (Wildman–Crippen MR) is 96.7 cm³/mol. The molecule has 27 heavy (non-hydrogen) atoms. The highest BCUT2D eigenvalue weighted by Gasteiger charge is 2.51. The molecule has 2 N–H and O–H groups in total. The highest BCUT2D eigenvalue weighted by molar-refractivity contribution is 6.31. The fraction of sp³-hybridized carbons (Fsp3) is 0.316. The molecule has 6 nitrogen and oxygen atoms in total. The zero-order valence-electron chi connectivity index (χ0n) is 14.2. The van der Waals surface area contributed by atoms with Crippen LogP contribution >= 0.6 is 11.6 Å². The summed E-state index contributed by atoms with van der Waals surface area (Å²) >= 11 is 6.03. The number of benzene rings is 1. The summed E-state index contributed by atoms with van der Waals surface area (Å²) in [4.78, 5) is 24.2. The smallest absolute Gasteiger partial charge is 0.307 e. The van der Waals surface area contributed by atoms with Crippen molar-refractivity contribution in [2.75, 3.05) is 5.32 Å². The van der Waals surface area contributed by atoms with E-state index in [0.717, 1.165) is 0 Å². The summed E-state index contributed by atoms with van der Waals surface area (Å²) in [6.07, 6.45) is 6.11. The third-order valence-corrected chi connectivity index (χ3v) is 5.68. The molecule has 2 aliphatic rings. The first-order chi connectivity index (χ1) is 12.9. The van der Waals surface area contributed by atoms with Crippen molar-refractivity contribution in [1.29, 1.82) is 0 Å². The summed E-state index contributed by atoms with van der Waals surface area (Å²) in [6.45, 7) is 0.121. The number of rotatable bonds is 5. The fourth-order valence-corrected chi connectivity index (χ4v) is 4.31. The van der Waals surface area contributed by atoms with E-state index in [1.165, 1.54) is 16.8 Å². The van der Waals surface area contributed by atoms with Gasteiger partial charge in [-0.2, -0.15) is 5.10 Å². The van der Waals surface area contributed by atoms with Crippen LogP contribution in [0.1, 0.15) is 12.0 Å². The van der Waals surface area contributed by atoms with Crippen molar-refractivity contribution in [3.63, 3.8) is 0 Å². The Bertz CT molecular complexity index is 922. The number of nitrogens with one attached hydrogen (secondary N) is 1. The molecule has 1 fully saturated rings. The van der Waals surface area contributed by atoms with Crippen LogP contribution in [-0.2, 0) is 16.1 Å². The Morgan fingerprint density at radius 3 is 2.70 bits per heavy atom. The van der Waals surface area contributed by atoms with Crippen molar-refractivity contribution in [2.24, 2.45) is 23.7 Å². The maximum atomic E-state index is 13.9. The Morgan fingerprint density at radius 1 is 1.26 bits per heavy atom. The van der Waals surface area contributed by atoms with E-state index in [9.17, 15) is 19.1 Å². The lowest BCUT2D eigenvalue weighted by Crippen LogP contribution is -2.36. The fourth-order valence-electron chi connectivity index (χ4n) is 4.09. The molecule has 8 heteroatoms. The SMILES string of the molecule is O=C(O)C1C2C=CC(C2)C1C(=O)Nc1ccn(Cc2c(F)cccc2Cl)n1. The number of halogens is 2. The summed E-state index contributed by atoms with van der Waals surface area (Å²) < 4.78 is 15.4. The van der Waals surface area contributed by atoms with Crippen LogP contribution in [0.4, 0.5) is 10.2 Å². The minimum absolute atomic E-state index is 0.0598. The number of hydrogen-bond donors (Lipinski definition) is 2. The van der Waals surface area contributed by atoms with Crippen LogP contribution in [0, 0.1) is 29.5 Å². The molecule has 1 aromatic heterocycles. The van der Waals surface area contributed by atoms with Gasteiger partial charge in [0.2, 0.25) is 5.91 Å². The van der Waals surface area contributed by atoms with Crippen molar-refractivity contribution in [2.45, 2.75) is 13.0 Å². The van der Waals surface area contributed by atoms with Crippen molar-refractivity contribution >= 4 is 29.3 Å². The lowest BCUT2D eigenvalue weighted by atomic mass is 9.82. The van der Waals surface area contributed by atoms with Crippen LogP contribution in [0.5, 0.6) is 0 Å². The van der Waals surface area contributed by atoms with Gasteiger partial charge in [0, 0.05) is 22.8 Å². The molecule has 4 rings (SSSR count). The van der Waals surface area contributed by atoms with Crippen LogP contribution in [0.25, 0.3) is 0 Å². The summed E-state index contributed by atoms with van der Waals surface area (Å²) in [6, 6.07) is 6.03. The molecule has 1 aromatic carbocycles. The molecule has 0 spiro atoms. The largest absolute Gasteiger partial charge is 0.481 e. The molecule has 2 aromatic rings. The first-order valence-corrected chi connectivity index (χ1v) is 9.00. The average molecular weight is 390 g/mol. The van der Waals surface area contributed by atoms with E-state index >= 15 is 0 Å². The van der Waals surface area contributed by atoms with E-state index in [-0.39, 0.29) is 24.3 Å². The molecule has 0 saturated heterocycles. The van der Waals surface area contributed by atoms with E-state index < -0.39 is 23.6 Å². The number of allylic oxidation sites excluding steroid dienone is 2. The van der Waals surface area contributed by atoms with Crippen LogP contribution in [0.2, 0.25) is 5.02 Å². The number of aromatic nitrogens is 2. The maximum Gasteiger partial charge on any atom is 0.307 e. The lowest BCUT2D eigenvalue weighted by Gasteiger charge is -2.23. The second kappa shape index (κ2) is 6.81. The van der Waals surface area contributed by atoms with Gasteiger partial charge in [0.1, 0.15) is 5.82 Å². The van der Waals surface area contributed by atoms with Gasteiger partial charge < -0.3 is 10.4 Å². The number of hydrogen-bond acceptors (Lipinski definition) is 3. The molecular formula is C19H17ClFN3O3. The van der Waals surface area contributed by atoms with E-state index in [1.807, 2.05) is 12.2 Å². The van der Waals surface area contributed by atoms with E-state index in [4.69, 9.17) is 11.6 Å². The zero-order chi connectivity index (χ0) is 19.1. The molecule has 4 unspecified atom stereocenters. The van der Waals surface area contributed by atoms with Gasteiger partial charge in [-0.05, 0) is 30.4 Å². The number of aliphatic carboxylic acids is 1. The van der Waals surface area contributed by atoms with Gasteiger partial charge in [0.25, 0.3) is 0 Å². The molecule has 0 aliphatic heterocycles. The van der Waals surface area contributed by atoms with Gasteiger partial charge in [-0.25, -0.2) is 4.39 Å².